The Balaban J connectivity index is 2.20. The van der Waals surface area contributed by atoms with Crippen molar-refractivity contribution >= 4 is 23.0 Å². The van der Waals surface area contributed by atoms with E-state index in [9.17, 15) is 14.5 Å². The summed E-state index contributed by atoms with van der Waals surface area (Å²) in [5.74, 6) is -0.777. The maximum Gasteiger partial charge on any atom is 0.295 e. The summed E-state index contributed by atoms with van der Waals surface area (Å²) in [6.45, 7) is 3.03. The van der Waals surface area contributed by atoms with Crippen molar-refractivity contribution in [2.75, 3.05) is 18.9 Å². The number of benzene rings is 1. The molecule has 0 aromatic heterocycles. The predicted octanol–water partition coefficient (Wildman–Crippen LogP) is 3.28. The lowest BCUT2D eigenvalue weighted by atomic mass is 9.98. The van der Waals surface area contributed by atoms with Crippen molar-refractivity contribution in [2.45, 2.75) is 31.8 Å². The molecule has 0 spiro atoms. The normalized spacial score (nSPS) is 23.6. The number of rotatable bonds is 3. The van der Waals surface area contributed by atoms with Crippen LogP contribution >= 0.6 is 11.6 Å². The smallest absolute Gasteiger partial charge is 0.295 e. The second-order valence-electron chi connectivity index (χ2n) is 5.24. The highest BCUT2D eigenvalue weighted by atomic mass is 35.5. The van der Waals surface area contributed by atoms with Gasteiger partial charge in [-0.1, -0.05) is 11.6 Å². The Bertz CT molecular complexity index is 527. The Labute approximate surface area is 121 Å². The van der Waals surface area contributed by atoms with Crippen LogP contribution in [0.5, 0.6) is 0 Å². The molecular weight excluding hydrogens is 285 g/mol. The molecule has 2 rings (SSSR count). The topological polar surface area (TPSA) is 58.4 Å². The predicted molar refractivity (Wildman–Crippen MR) is 76.8 cm³/mol. The van der Waals surface area contributed by atoms with Gasteiger partial charge in [0, 0.05) is 18.6 Å². The minimum absolute atomic E-state index is 0.112. The molecule has 1 saturated heterocycles. The lowest BCUT2D eigenvalue weighted by Gasteiger charge is -2.35. The fourth-order valence-corrected chi connectivity index (χ4v) is 2.61. The fourth-order valence-electron chi connectivity index (χ4n) is 2.44. The molecule has 1 heterocycles. The largest absolute Gasteiger partial charge is 0.377 e. The van der Waals surface area contributed by atoms with E-state index in [1.165, 1.54) is 6.07 Å². The molecule has 1 aliphatic heterocycles. The van der Waals surface area contributed by atoms with E-state index in [-0.39, 0.29) is 22.4 Å². The van der Waals surface area contributed by atoms with Gasteiger partial charge in [0.25, 0.3) is 5.69 Å². The number of nitrogens with one attached hydrogen (secondary N) is 1. The lowest BCUT2D eigenvalue weighted by Crippen LogP contribution is -2.42. The number of piperidine rings is 1. The summed E-state index contributed by atoms with van der Waals surface area (Å²) in [4.78, 5) is 12.6. The van der Waals surface area contributed by atoms with Crippen LogP contribution in [0, 0.1) is 15.9 Å². The zero-order chi connectivity index (χ0) is 14.9. The van der Waals surface area contributed by atoms with E-state index in [2.05, 4.69) is 24.2 Å². The van der Waals surface area contributed by atoms with Crippen molar-refractivity contribution in [1.82, 2.24) is 4.90 Å². The number of hydrogen-bond acceptors (Lipinski definition) is 4. The number of nitrogens with zero attached hydrogens (tertiary/aromatic N) is 2. The third kappa shape index (κ3) is 3.19. The molecule has 1 aliphatic rings. The average molecular weight is 302 g/mol. The van der Waals surface area contributed by atoms with Crippen molar-refractivity contribution in [2.24, 2.45) is 0 Å². The standard InChI is InChI=1S/C13H17ClFN3O2/c1-8-5-9(3-4-17(8)2)16-12-6-10(14)11(15)7-13(12)18(19)20/h6-9,16H,3-5H2,1-2H3. The molecule has 1 aromatic carbocycles. The summed E-state index contributed by atoms with van der Waals surface area (Å²) >= 11 is 5.71. The Kier molecular flexibility index (Phi) is 4.45. The second-order valence-corrected chi connectivity index (χ2v) is 5.64. The third-order valence-corrected chi connectivity index (χ3v) is 4.09. The minimum atomic E-state index is -0.777. The first-order valence-electron chi connectivity index (χ1n) is 6.48. The Morgan fingerprint density at radius 1 is 1.55 bits per heavy atom. The van der Waals surface area contributed by atoms with E-state index in [1.54, 1.807) is 0 Å². The molecule has 5 nitrogen and oxygen atoms in total. The SMILES string of the molecule is CC1CC(Nc2cc(Cl)c(F)cc2[N+](=O)[O-])CCN1C. The van der Waals surface area contributed by atoms with E-state index in [0.29, 0.717) is 6.04 Å². The summed E-state index contributed by atoms with van der Waals surface area (Å²) in [6.07, 6.45) is 1.76. The van der Waals surface area contributed by atoms with Gasteiger partial charge in [-0.2, -0.15) is 0 Å². The molecule has 0 bridgehead atoms. The summed E-state index contributed by atoms with van der Waals surface area (Å²) in [7, 11) is 2.05. The Hall–Kier alpha value is -1.40. The van der Waals surface area contributed by atoms with Gasteiger partial charge in [0.15, 0.2) is 0 Å². The summed E-state index contributed by atoms with van der Waals surface area (Å²) in [6, 6.07) is 2.68. The first kappa shape index (κ1) is 15.0. The zero-order valence-electron chi connectivity index (χ0n) is 11.4. The summed E-state index contributed by atoms with van der Waals surface area (Å²) in [5, 5.41) is 14.0. The minimum Gasteiger partial charge on any atom is -0.377 e. The number of nitro benzene ring substituents is 1. The quantitative estimate of drug-likeness (QED) is 0.687. The fraction of sp³-hybridized carbons (Fsp3) is 0.538. The summed E-state index contributed by atoms with van der Waals surface area (Å²) in [5.41, 5.74) is 0.00151. The van der Waals surface area contributed by atoms with Crippen LogP contribution in [-0.2, 0) is 0 Å². The van der Waals surface area contributed by atoms with Gasteiger partial charge in [0.2, 0.25) is 0 Å². The number of halogens is 2. The third-order valence-electron chi connectivity index (χ3n) is 3.80. The monoisotopic (exact) mass is 301 g/mol. The van der Waals surface area contributed by atoms with Gasteiger partial charge >= 0.3 is 0 Å². The molecular formula is C13H17ClFN3O2. The van der Waals surface area contributed by atoms with Crippen molar-refractivity contribution in [3.8, 4) is 0 Å². The number of anilines is 1. The summed E-state index contributed by atoms with van der Waals surface area (Å²) < 4.78 is 13.3. The van der Waals surface area contributed by atoms with Crippen LogP contribution in [0.4, 0.5) is 15.8 Å². The molecule has 110 valence electrons. The van der Waals surface area contributed by atoms with E-state index in [4.69, 9.17) is 11.6 Å². The maximum absolute atomic E-state index is 13.3. The van der Waals surface area contributed by atoms with Crippen LogP contribution in [0.15, 0.2) is 12.1 Å². The molecule has 0 radical (unpaired) electrons. The zero-order valence-corrected chi connectivity index (χ0v) is 12.2. The molecule has 7 heteroatoms. The van der Waals surface area contributed by atoms with Crippen LogP contribution < -0.4 is 5.32 Å². The number of nitro groups is 1. The first-order valence-corrected chi connectivity index (χ1v) is 6.86. The van der Waals surface area contributed by atoms with E-state index in [1.807, 2.05) is 0 Å². The first-order chi connectivity index (χ1) is 9.38. The van der Waals surface area contributed by atoms with Crippen LogP contribution in [0.25, 0.3) is 0 Å². The van der Waals surface area contributed by atoms with Crippen molar-refractivity contribution in [1.29, 1.82) is 0 Å². The van der Waals surface area contributed by atoms with Crippen LogP contribution in [0.2, 0.25) is 5.02 Å². The molecule has 20 heavy (non-hydrogen) atoms. The van der Waals surface area contributed by atoms with E-state index >= 15 is 0 Å². The maximum atomic E-state index is 13.3. The van der Waals surface area contributed by atoms with Gasteiger partial charge < -0.3 is 10.2 Å². The number of hydrogen-bond donors (Lipinski definition) is 1. The molecule has 2 unspecified atom stereocenters. The van der Waals surface area contributed by atoms with Crippen molar-refractivity contribution < 1.29 is 9.31 Å². The Morgan fingerprint density at radius 2 is 2.25 bits per heavy atom. The van der Waals surface area contributed by atoms with Crippen LogP contribution in [0.3, 0.4) is 0 Å². The Morgan fingerprint density at radius 3 is 2.85 bits per heavy atom. The van der Waals surface area contributed by atoms with Crippen LogP contribution in [-0.4, -0.2) is 35.5 Å². The van der Waals surface area contributed by atoms with Crippen molar-refractivity contribution in [3.05, 3.63) is 33.1 Å². The van der Waals surface area contributed by atoms with E-state index in [0.717, 1.165) is 25.5 Å². The molecule has 1 N–H and O–H groups in total. The second kappa shape index (κ2) is 5.93. The van der Waals surface area contributed by atoms with Gasteiger partial charge in [-0.25, -0.2) is 4.39 Å². The molecule has 0 saturated carbocycles. The molecule has 0 amide bonds. The highest BCUT2D eigenvalue weighted by Crippen LogP contribution is 2.32. The van der Waals surface area contributed by atoms with E-state index < -0.39 is 10.7 Å². The molecule has 1 aromatic rings. The van der Waals surface area contributed by atoms with Gasteiger partial charge in [0.1, 0.15) is 11.5 Å². The van der Waals surface area contributed by atoms with Crippen molar-refractivity contribution in [3.63, 3.8) is 0 Å². The van der Waals surface area contributed by atoms with Crippen LogP contribution in [0.1, 0.15) is 19.8 Å². The number of likely N-dealkylation sites (tertiary alicyclic amines) is 1. The van der Waals surface area contributed by atoms with Gasteiger partial charge in [-0.05, 0) is 32.9 Å². The molecule has 0 aliphatic carbocycles. The van der Waals surface area contributed by atoms with Gasteiger partial charge in [-0.15, -0.1) is 0 Å². The molecule has 2 atom stereocenters. The highest BCUT2D eigenvalue weighted by molar-refractivity contribution is 6.31. The lowest BCUT2D eigenvalue weighted by molar-refractivity contribution is -0.384. The van der Waals surface area contributed by atoms with Gasteiger partial charge in [-0.3, -0.25) is 10.1 Å². The van der Waals surface area contributed by atoms with Gasteiger partial charge in [0.05, 0.1) is 16.0 Å². The average Bonchev–Trinajstić information content (AvgIpc) is 2.37. The highest BCUT2D eigenvalue weighted by Gasteiger charge is 2.25. The molecule has 1 fully saturated rings.